The summed E-state index contributed by atoms with van der Waals surface area (Å²) >= 11 is 0. The minimum absolute atomic E-state index is 0.0111. The number of hydrogen-bond donors (Lipinski definition) is 0. The first kappa shape index (κ1) is 16.9. The molecule has 0 aromatic carbocycles. The fraction of sp³-hybridized carbons (Fsp3) is 0.737. The summed E-state index contributed by atoms with van der Waals surface area (Å²) < 4.78 is 5.69. The van der Waals surface area contributed by atoms with Crippen molar-refractivity contribution >= 4 is 5.91 Å². The molecule has 0 bridgehead atoms. The molecule has 1 amide bonds. The van der Waals surface area contributed by atoms with Crippen LogP contribution in [0.25, 0.3) is 0 Å². The van der Waals surface area contributed by atoms with Gasteiger partial charge in [-0.3, -0.25) is 14.7 Å². The summed E-state index contributed by atoms with van der Waals surface area (Å²) in [5.74, 6) is 1.51. The van der Waals surface area contributed by atoms with Gasteiger partial charge in [0.2, 0.25) is 0 Å². The number of carbonyl (C=O) groups is 1. The smallest absolute Gasteiger partial charge is 0.274 e. The number of amides is 1. The van der Waals surface area contributed by atoms with Crippen LogP contribution in [0.2, 0.25) is 0 Å². The monoisotopic (exact) mass is 344 g/mol. The molecule has 1 aromatic heterocycles. The molecule has 6 nitrogen and oxygen atoms in total. The van der Waals surface area contributed by atoms with Crippen molar-refractivity contribution in [3.8, 4) is 0 Å². The van der Waals surface area contributed by atoms with Crippen molar-refractivity contribution in [3.05, 3.63) is 24.3 Å². The normalized spacial score (nSPS) is 25.8. The number of carbonyl (C=O) groups excluding carboxylic acids is 1. The van der Waals surface area contributed by atoms with Crippen LogP contribution < -0.4 is 0 Å². The zero-order valence-corrected chi connectivity index (χ0v) is 15.1. The highest BCUT2D eigenvalue weighted by molar-refractivity contribution is 5.92. The van der Waals surface area contributed by atoms with E-state index in [-0.39, 0.29) is 11.4 Å². The van der Waals surface area contributed by atoms with E-state index in [1.54, 1.807) is 18.6 Å². The molecule has 1 atom stereocenters. The number of rotatable bonds is 6. The van der Waals surface area contributed by atoms with E-state index in [4.69, 9.17) is 4.74 Å². The maximum Gasteiger partial charge on any atom is 0.274 e. The summed E-state index contributed by atoms with van der Waals surface area (Å²) in [5, 5.41) is 0. The van der Waals surface area contributed by atoms with Crippen LogP contribution in [-0.4, -0.2) is 70.6 Å². The molecule has 1 saturated carbocycles. The number of ether oxygens (including phenoxy) is 1. The molecule has 3 fully saturated rings. The maximum atomic E-state index is 12.6. The Hall–Kier alpha value is -1.53. The van der Waals surface area contributed by atoms with E-state index in [1.165, 1.54) is 25.8 Å². The van der Waals surface area contributed by atoms with E-state index < -0.39 is 0 Å². The van der Waals surface area contributed by atoms with Gasteiger partial charge in [-0.1, -0.05) is 0 Å². The molecule has 2 saturated heterocycles. The zero-order valence-electron chi connectivity index (χ0n) is 15.1. The van der Waals surface area contributed by atoms with Gasteiger partial charge in [0.25, 0.3) is 5.91 Å². The molecule has 1 spiro atoms. The highest BCUT2D eigenvalue weighted by Gasteiger charge is 2.53. The third-order valence-corrected chi connectivity index (χ3v) is 5.92. The Morgan fingerprint density at radius 2 is 2.12 bits per heavy atom. The first-order chi connectivity index (χ1) is 12.2. The Morgan fingerprint density at radius 1 is 1.28 bits per heavy atom. The molecule has 0 radical (unpaired) electrons. The second-order valence-corrected chi connectivity index (χ2v) is 7.88. The average Bonchev–Trinajstić information content (AvgIpc) is 3.43. The Labute approximate surface area is 149 Å². The summed E-state index contributed by atoms with van der Waals surface area (Å²) in [4.78, 5) is 25.4. The largest absolute Gasteiger partial charge is 0.381 e. The van der Waals surface area contributed by atoms with Crippen LogP contribution in [0.3, 0.4) is 0 Å². The highest BCUT2D eigenvalue weighted by atomic mass is 16.5. The summed E-state index contributed by atoms with van der Waals surface area (Å²) in [5.41, 5.74) is 0.605. The molecule has 4 rings (SSSR count). The average molecular weight is 344 g/mol. The fourth-order valence-corrected chi connectivity index (χ4v) is 4.38. The van der Waals surface area contributed by atoms with Gasteiger partial charge in [-0.05, 0) is 51.0 Å². The van der Waals surface area contributed by atoms with E-state index >= 15 is 0 Å². The van der Waals surface area contributed by atoms with Crippen molar-refractivity contribution in [1.29, 1.82) is 0 Å². The van der Waals surface area contributed by atoms with Crippen LogP contribution in [0.15, 0.2) is 18.6 Å². The molecular weight excluding hydrogens is 316 g/mol. The van der Waals surface area contributed by atoms with Crippen LogP contribution in [-0.2, 0) is 4.74 Å². The molecule has 0 unspecified atom stereocenters. The lowest BCUT2D eigenvalue weighted by atomic mass is 9.74. The summed E-state index contributed by atoms with van der Waals surface area (Å²) in [6.45, 7) is 7.67. The summed E-state index contributed by atoms with van der Waals surface area (Å²) in [6.07, 6.45) is 9.85. The molecule has 1 aromatic rings. The minimum Gasteiger partial charge on any atom is -0.381 e. The summed E-state index contributed by atoms with van der Waals surface area (Å²) in [6, 6.07) is 0. The number of piperidine rings is 1. The van der Waals surface area contributed by atoms with Crippen molar-refractivity contribution in [3.63, 3.8) is 0 Å². The van der Waals surface area contributed by atoms with Gasteiger partial charge < -0.3 is 9.64 Å². The summed E-state index contributed by atoms with van der Waals surface area (Å²) in [7, 11) is 0. The maximum absolute atomic E-state index is 12.6. The van der Waals surface area contributed by atoms with Gasteiger partial charge in [-0.25, -0.2) is 4.98 Å². The molecule has 3 heterocycles. The topological polar surface area (TPSA) is 58.6 Å². The van der Waals surface area contributed by atoms with Crippen LogP contribution in [0.4, 0.5) is 0 Å². The molecular formula is C19H28N4O2. The van der Waals surface area contributed by atoms with Gasteiger partial charge in [0.05, 0.1) is 11.7 Å². The van der Waals surface area contributed by atoms with Gasteiger partial charge >= 0.3 is 0 Å². The Morgan fingerprint density at radius 3 is 2.80 bits per heavy atom. The van der Waals surface area contributed by atoms with Crippen molar-refractivity contribution in [2.45, 2.75) is 38.1 Å². The second-order valence-electron chi connectivity index (χ2n) is 7.88. The third kappa shape index (κ3) is 3.55. The predicted molar refractivity (Wildman–Crippen MR) is 94.2 cm³/mol. The Balaban J connectivity index is 1.42. The van der Waals surface area contributed by atoms with Gasteiger partial charge in [-0.2, -0.15) is 0 Å². The fourth-order valence-electron chi connectivity index (χ4n) is 4.38. The lowest BCUT2D eigenvalue weighted by molar-refractivity contribution is -0.0888. The molecule has 3 aliphatic rings. The number of aromatic nitrogens is 2. The van der Waals surface area contributed by atoms with Gasteiger partial charge in [0.1, 0.15) is 5.69 Å². The molecule has 25 heavy (non-hydrogen) atoms. The van der Waals surface area contributed by atoms with Crippen LogP contribution in [0, 0.1) is 11.8 Å². The minimum atomic E-state index is 0.0111. The number of nitrogens with zero attached hydrogens (tertiary/aromatic N) is 4. The van der Waals surface area contributed by atoms with Crippen molar-refractivity contribution in [1.82, 2.24) is 19.8 Å². The molecule has 0 N–H and O–H groups in total. The molecule has 2 aliphatic heterocycles. The van der Waals surface area contributed by atoms with Crippen LogP contribution in [0.1, 0.15) is 43.1 Å². The number of likely N-dealkylation sites (tertiary alicyclic amines) is 2. The van der Waals surface area contributed by atoms with Crippen LogP contribution >= 0.6 is 0 Å². The lowest BCUT2D eigenvalue weighted by Crippen LogP contribution is -2.73. The SMILES string of the molecule is CCOC[C@@H]1CCN(CC2CC2)C2(C1)CN(C(=O)c1cnccn1)C2. The highest BCUT2D eigenvalue weighted by Crippen LogP contribution is 2.42. The molecule has 1 aliphatic carbocycles. The standard InChI is InChI=1S/C19H28N4O2/c1-2-25-12-16-5-8-23(11-15-3-4-15)19(9-16)13-22(14-19)18(24)17-10-20-6-7-21-17/h6-7,10,15-16H,2-5,8-9,11-14H2,1H3/t16-/m1/s1. The van der Waals surface area contributed by atoms with Crippen molar-refractivity contribution in [2.24, 2.45) is 11.8 Å². The third-order valence-electron chi connectivity index (χ3n) is 5.92. The van der Waals surface area contributed by atoms with Crippen LogP contribution in [0.5, 0.6) is 0 Å². The lowest BCUT2D eigenvalue weighted by Gasteiger charge is -2.59. The quantitative estimate of drug-likeness (QED) is 0.788. The number of hydrogen-bond acceptors (Lipinski definition) is 5. The molecule has 136 valence electrons. The van der Waals surface area contributed by atoms with Gasteiger partial charge in [0, 0.05) is 45.2 Å². The first-order valence-electron chi connectivity index (χ1n) is 9.58. The first-order valence-corrected chi connectivity index (χ1v) is 9.58. The van der Waals surface area contributed by atoms with Gasteiger partial charge in [0.15, 0.2) is 0 Å². The van der Waals surface area contributed by atoms with E-state index in [9.17, 15) is 4.79 Å². The second kappa shape index (κ2) is 7.00. The van der Waals surface area contributed by atoms with E-state index in [1.807, 2.05) is 4.90 Å². The zero-order chi connectivity index (χ0) is 17.3. The van der Waals surface area contributed by atoms with E-state index in [2.05, 4.69) is 21.8 Å². The Bertz CT molecular complexity index is 599. The van der Waals surface area contributed by atoms with E-state index in [0.29, 0.717) is 11.6 Å². The van der Waals surface area contributed by atoms with Crippen molar-refractivity contribution < 1.29 is 9.53 Å². The Kier molecular flexibility index (Phi) is 4.73. The van der Waals surface area contributed by atoms with Gasteiger partial charge in [-0.15, -0.1) is 0 Å². The molecule has 6 heteroatoms. The van der Waals surface area contributed by atoms with E-state index in [0.717, 1.165) is 45.2 Å². The van der Waals surface area contributed by atoms with Crippen molar-refractivity contribution in [2.75, 3.05) is 39.4 Å². The predicted octanol–water partition coefficient (Wildman–Crippen LogP) is 1.83.